The van der Waals surface area contributed by atoms with Crippen LogP contribution in [0.4, 0.5) is 8.78 Å². The Morgan fingerprint density at radius 1 is 1.36 bits per heavy atom. The minimum atomic E-state index is -0.585. The van der Waals surface area contributed by atoms with E-state index in [-0.39, 0.29) is 18.6 Å². The summed E-state index contributed by atoms with van der Waals surface area (Å²) in [5.41, 5.74) is -0.0101. The normalized spacial score (nSPS) is 12.9. The van der Waals surface area contributed by atoms with Crippen molar-refractivity contribution in [3.63, 3.8) is 0 Å². The predicted molar refractivity (Wildman–Crippen MR) is 49.9 cm³/mol. The summed E-state index contributed by atoms with van der Waals surface area (Å²) in [6.07, 6.45) is 0.286. The van der Waals surface area contributed by atoms with Crippen LogP contribution >= 0.6 is 0 Å². The molecule has 1 aromatic rings. The van der Waals surface area contributed by atoms with Crippen LogP contribution in [0.5, 0.6) is 0 Å². The zero-order valence-electron chi connectivity index (χ0n) is 7.93. The molecule has 0 amide bonds. The van der Waals surface area contributed by atoms with E-state index in [0.29, 0.717) is 0 Å². The second-order valence-corrected chi connectivity index (χ2v) is 2.99. The summed E-state index contributed by atoms with van der Waals surface area (Å²) in [5.74, 6) is -1.17. The standard InChI is InChI=1S/C10H13F2NO/c1-13-9(5-6-14)10-7(11)3-2-4-8(10)12/h2-4,9,13-14H,5-6H2,1H3. The second-order valence-electron chi connectivity index (χ2n) is 2.99. The van der Waals surface area contributed by atoms with Gasteiger partial charge in [0, 0.05) is 18.2 Å². The fourth-order valence-electron chi connectivity index (χ4n) is 1.41. The van der Waals surface area contributed by atoms with Crippen LogP contribution in [0.15, 0.2) is 18.2 Å². The largest absolute Gasteiger partial charge is 0.396 e. The first-order valence-electron chi connectivity index (χ1n) is 4.42. The predicted octanol–water partition coefficient (Wildman–Crippen LogP) is 1.61. The molecule has 1 atom stereocenters. The van der Waals surface area contributed by atoms with E-state index < -0.39 is 17.7 Å². The molecule has 0 bridgehead atoms. The van der Waals surface area contributed by atoms with Gasteiger partial charge in [-0.3, -0.25) is 0 Å². The zero-order valence-corrected chi connectivity index (χ0v) is 7.93. The number of rotatable bonds is 4. The highest BCUT2D eigenvalue weighted by atomic mass is 19.1. The van der Waals surface area contributed by atoms with Gasteiger partial charge in [0.2, 0.25) is 0 Å². The van der Waals surface area contributed by atoms with Gasteiger partial charge in [0.25, 0.3) is 0 Å². The Balaban J connectivity index is 3.02. The van der Waals surface area contributed by atoms with Crippen molar-refractivity contribution < 1.29 is 13.9 Å². The van der Waals surface area contributed by atoms with Crippen LogP contribution in [0.2, 0.25) is 0 Å². The zero-order chi connectivity index (χ0) is 10.6. The first-order valence-corrected chi connectivity index (χ1v) is 4.42. The number of benzene rings is 1. The summed E-state index contributed by atoms with van der Waals surface area (Å²) >= 11 is 0. The molecule has 0 spiro atoms. The lowest BCUT2D eigenvalue weighted by molar-refractivity contribution is 0.265. The van der Waals surface area contributed by atoms with Crippen molar-refractivity contribution in [3.8, 4) is 0 Å². The Labute approximate surface area is 81.6 Å². The van der Waals surface area contributed by atoms with Gasteiger partial charge in [-0.15, -0.1) is 0 Å². The Morgan fingerprint density at radius 3 is 2.36 bits per heavy atom. The van der Waals surface area contributed by atoms with E-state index in [9.17, 15) is 8.78 Å². The van der Waals surface area contributed by atoms with Crippen molar-refractivity contribution in [1.29, 1.82) is 0 Å². The van der Waals surface area contributed by atoms with E-state index in [4.69, 9.17) is 5.11 Å². The molecule has 0 radical (unpaired) electrons. The molecule has 1 unspecified atom stereocenters. The van der Waals surface area contributed by atoms with Gasteiger partial charge in [0.05, 0.1) is 0 Å². The molecule has 4 heteroatoms. The van der Waals surface area contributed by atoms with Gasteiger partial charge in [0.15, 0.2) is 0 Å². The lowest BCUT2D eigenvalue weighted by atomic mass is 10.0. The van der Waals surface area contributed by atoms with E-state index in [1.165, 1.54) is 18.2 Å². The fraction of sp³-hybridized carbons (Fsp3) is 0.400. The lowest BCUT2D eigenvalue weighted by Gasteiger charge is -2.16. The summed E-state index contributed by atoms with van der Waals surface area (Å²) in [4.78, 5) is 0. The maximum atomic E-state index is 13.2. The van der Waals surface area contributed by atoms with Gasteiger partial charge >= 0.3 is 0 Å². The van der Waals surface area contributed by atoms with Crippen LogP contribution in [0.25, 0.3) is 0 Å². The Kier molecular flexibility index (Phi) is 3.98. The molecule has 0 aliphatic rings. The minimum absolute atomic E-state index is 0.0101. The highest BCUT2D eigenvalue weighted by Gasteiger charge is 2.17. The van der Waals surface area contributed by atoms with Crippen molar-refractivity contribution >= 4 is 0 Å². The van der Waals surface area contributed by atoms with Gasteiger partial charge in [-0.05, 0) is 25.6 Å². The Bertz CT molecular complexity index is 284. The van der Waals surface area contributed by atoms with Crippen molar-refractivity contribution in [3.05, 3.63) is 35.4 Å². The van der Waals surface area contributed by atoms with Crippen LogP contribution in [0.1, 0.15) is 18.0 Å². The number of halogens is 2. The topological polar surface area (TPSA) is 32.3 Å². The summed E-state index contributed by atoms with van der Waals surface area (Å²) < 4.78 is 26.5. The van der Waals surface area contributed by atoms with Crippen LogP contribution in [-0.2, 0) is 0 Å². The van der Waals surface area contributed by atoms with Gasteiger partial charge < -0.3 is 10.4 Å². The van der Waals surface area contributed by atoms with E-state index >= 15 is 0 Å². The molecule has 78 valence electrons. The Morgan fingerprint density at radius 2 is 1.93 bits per heavy atom. The third-order valence-electron chi connectivity index (χ3n) is 2.11. The smallest absolute Gasteiger partial charge is 0.130 e. The van der Waals surface area contributed by atoms with Crippen LogP contribution in [-0.4, -0.2) is 18.8 Å². The van der Waals surface area contributed by atoms with Gasteiger partial charge in [-0.25, -0.2) is 8.78 Å². The van der Waals surface area contributed by atoms with Crippen molar-refractivity contribution in [2.45, 2.75) is 12.5 Å². The molecule has 0 saturated heterocycles. The number of hydrogen-bond acceptors (Lipinski definition) is 2. The molecular weight excluding hydrogens is 188 g/mol. The Hall–Kier alpha value is -1.00. The van der Waals surface area contributed by atoms with Crippen molar-refractivity contribution in [2.24, 2.45) is 0 Å². The molecule has 2 N–H and O–H groups in total. The quantitative estimate of drug-likeness (QED) is 0.775. The molecular formula is C10H13F2NO. The molecule has 1 rings (SSSR count). The first kappa shape index (κ1) is 11.1. The van der Waals surface area contributed by atoms with Crippen LogP contribution in [0, 0.1) is 11.6 Å². The fourth-order valence-corrected chi connectivity index (χ4v) is 1.41. The summed E-state index contributed by atoms with van der Waals surface area (Å²) in [6.45, 7) is -0.112. The third kappa shape index (κ3) is 2.27. The molecule has 0 aliphatic carbocycles. The second kappa shape index (κ2) is 5.02. The molecule has 0 aliphatic heterocycles. The minimum Gasteiger partial charge on any atom is -0.396 e. The van der Waals surface area contributed by atoms with Crippen molar-refractivity contribution in [1.82, 2.24) is 5.32 Å². The van der Waals surface area contributed by atoms with Crippen molar-refractivity contribution in [2.75, 3.05) is 13.7 Å². The average Bonchev–Trinajstić information content (AvgIpc) is 2.16. The highest BCUT2D eigenvalue weighted by Crippen LogP contribution is 2.22. The molecule has 1 aromatic carbocycles. The highest BCUT2D eigenvalue weighted by molar-refractivity contribution is 5.23. The SMILES string of the molecule is CNC(CCO)c1c(F)cccc1F. The van der Waals surface area contributed by atoms with Gasteiger partial charge in [-0.2, -0.15) is 0 Å². The molecule has 14 heavy (non-hydrogen) atoms. The number of aliphatic hydroxyl groups excluding tert-OH is 1. The monoisotopic (exact) mass is 201 g/mol. The molecule has 2 nitrogen and oxygen atoms in total. The van der Waals surface area contributed by atoms with Crippen LogP contribution in [0.3, 0.4) is 0 Å². The van der Waals surface area contributed by atoms with Gasteiger partial charge in [0.1, 0.15) is 11.6 Å². The maximum Gasteiger partial charge on any atom is 0.130 e. The van der Waals surface area contributed by atoms with E-state index in [0.717, 1.165) is 0 Å². The molecule has 0 saturated carbocycles. The maximum absolute atomic E-state index is 13.2. The third-order valence-corrected chi connectivity index (χ3v) is 2.11. The van der Waals surface area contributed by atoms with Crippen LogP contribution < -0.4 is 5.32 Å². The van der Waals surface area contributed by atoms with E-state index in [2.05, 4.69) is 5.32 Å². The number of hydrogen-bond donors (Lipinski definition) is 2. The number of nitrogens with one attached hydrogen (secondary N) is 1. The summed E-state index contributed by atoms with van der Waals surface area (Å²) in [5, 5.41) is 11.5. The average molecular weight is 201 g/mol. The lowest BCUT2D eigenvalue weighted by Crippen LogP contribution is -2.20. The van der Waals surface area contributed by atoms with E-state index in [1.54, 1.807) is 7.05 Å². The van der Waals surface area contributed by atoms with Gasteiger partial charge in [-0.1, -0.05) is 6.07 Å². The van der Waals surface area contributed by atoms with E-state index in [1.807, 2.05) is 0 Å². The molecule has 0 fully saturated rings. The molecule has 0 aromatic heterocycles. The summed E-state index contributed by atoms with van der Waals surface area (Å²) in [6, 6.07) is 3.25. The number of aliphatic hydroxyl groups is 1. The first-order chi connectivity index (χ1) is 6.70. The molecule has 0 heterocycles. The summed E-state index contributed by atoms with van der Waals surface area (Å²) in [7, 11) is 1.60.